The number of benzene rings is 1. The molecule has 1 aromatic carbocycles. The normalized spacial score (nSPS) is 12.7. The molecular formula is C21H28N4O. The summed E-state index contributed by atoms with van der Waals surface area (Å²) in [5, 5.41) is 5.76. The maximum Gasteiger partial charge on any atom is 0.272 e. The molecule has 2 aromatic heterocycles. The van der Waals surface area contributed by atoms with Gasteiger partial charge in [0, 0.05) is 24.8 Å². The van der Waals surface area contributed by atoms with Gasteiger partial charge >= 0.3 is 0 Å². The minimum atomic E-state index is -0.0522. The second-order valence-corrected chi connectivity index (χ2v) is 7.34. The van der Waals surface area contributed by atoms with E-state index in [0.717, 1.165) is 28.7 Å². The number of carbonyl (C=O) groups excluding carboxylic acids is 1. The Kier molecular flexibility index (Phi) is 5.16. The number of hydrogen-bond acceptors (Lipinski definition) is 2. The van der Waals surface area contributed by atoms with Crippen LogP contribution in [0.5, 0.6) is 0 Å². The third-order valence-corrected chi connectivity index (χ3v) is 4.87. The standard InChI is InChI=1S/C21H28N4O/c1-6-25-20(13-17(23-25)11-14(2)3)21(26)24(5)15(4)19-12-16-9-7-8-10-18(16)22-19/h7-10,12-15,22H,6,11H2,1-5H3/t15-/m1/s1. The lowest BCUT2D eigenvalue weighted by Gasteiger charge is -2.24. The number of nitrogens with zero attached hydrogens (tertiary/aromatic N) is 3. The van der Waals surface area contributed by atoms with Crippen LogP contribution in [0.1, 0.15) is 55.6 Å². The SMILES string of the molecule is CCn1nc(CC(C)C)cc1C(=O)N(C)[C@H](C)c1cc2ccccc2[nH]1. The van der Waals surface area contributed by atoms with Gasteiger partial charge in [0.25, 0.3) is 5.91 Å². The van der Waals surface area contributed by atoms with Gasteiger partial charge in [-0.25, -0.2) is 0 Å². The van der Waals surface area contributed by atoms with Gasteiger partial charge < -0.3 is 9.88 Å². The number of rotatable bonds is 6. The predicted molar refractivity (Wildman–Crippen MR) is 105 cm³/mol. The van der Waals surface area contributed by atoms with Gasteiger partial charge in [-0.05, 0) is 49.8 Å². The molecule has 0 aliphatic rings. The van der Waals surface area contributed by atoms with Gasteiger partial charge in [-0.15, -0.1) is 0 Å². The molecule has 0 saturated carbocycles. The topological polar surface area (TPSA) is 53.9 Å². The summed E-state index contributed by atoms with van der Waals surface area (Å²) in [6, 6.07) is 12.2. The highest BCUT2D eigenvalue weighted by Crippen LogP contribution is 2.24. The van der Waals surface area contributed by atoms with Crippen LogP contribution in [0.15, 0.2) is 36.4 Å². The number of amides is 1. The summed E-state index contributed by atoms with van der Waals surface area (Å²) in [4.78, 5) is 18.3. The van der Waals surface area contributed by atoms with Crippen molar-refractivity contribution in [2.24, 2.45) is 5.92 Å². The van der Waals surface area contributed by atoms with Crippen LogP contribution in [0.25, 0.3) is 10.9 Å². The van der Waals surface area contributed by atoms with Crippen molar-refractivity contribution in [1.82, 2.24) is 19.7 Å². The number of H-pyrrole nitrogens is 1. The van der Waals surface area contributed by atoms with Crippen LogP contribution in [0.3, 0.4) is 0 Å². The Morgan fingerprint density at radius 1 is 1.23 bits per heavy atom. The van der Waals surface area contributed by atoms with Crippen molar-refractivity contribution < 1.29 is 4.79 Å². The maximum atomic E-state index is 13.1. The number of fused-ring (bicyclic) bond motifs is 1. The molecule has 0 bridgehead atoms. The lowest BCUT2D eigenvalue weighted by molar-refractivity contribution is 0.0727. The van der Waals surface area contributed by atoms with E-state index in [0.29, 0.717) is 18.2 Å². The predicted octanol–water partition coefficient (Wildman–Crippen LogP) is 4.42. The molecule has 5 nitrogen and oxygen atoms in total. The van der Waals surface area contributed by atoms with Crippen LogP contribution in [-0.2, 0) is 13.0 Å². The zero-order chi connectivity index (χ0) is 18.8. The summed E-state index contributed by atoms with van der Waals surface area (Å²) in [6.07, 6.45) is 0.883. The fourth-order valence-corrected chi connectivity index (χ4v) is 3.29. The monoisotopic (exact) mass is 352 g/mol. The molecule has 0 aliphatic carbocycles. The Morgan fingerprint density at radius 3 is 2.62 bits per heavy atom. The largest absolute Gasteiger partial charge is 0.357 e. The summed E-state index contributed by atoms with van der Waals surface area (Å²) >= 11 is 0. The van der Waals surface area contributed by atoms with Crippen LogP contribution >= 0.6 is 0 Å². The third kappa shape index (κ3) is 3.52. The molecule has 5 heteroatoms. The number of carbonyl (C=O) groups is 1. The van der Waals surface area contributed by atoms with Crippen LogP contribution in [0, 0.1) is 5.92 Å². The molecule has 1 amide bonds. The first-order valence-electron chi connectivity index (χ1n) is 9.32. The van der Waals surface area contributed by atoms with Crippen molar-refractivity contribution in [2.75, 3.05) is 7.05 Å². The van der Waals surface area contributed by atoms with Crippen molar-refractivity contribution in [3.05, 3.63) is 53.5 Å². The fourth-order valence-electron chi connectivity index (χ4n) is 3.29. The molecule has 26 heavy (non-hydrogen) atoms. The molecule has 138 valence electrons. The summed E-state index contributed by atoms with van der Waals surface area (Å²) in [5.74, 6) is 0.515. The van der Waals surface area contributed by atoms with Crippen LogP contribution in [-0.4, -0.2) is 32.6 Å². The second kappa shape index (κ2) is 7.36. The molecule has 2 heterocycles. The Morgan fingerprint density at radius 2 is 1.96 bits per heavy atom. The number of para-hydroxylation sites is 1. The average Bonchev–Trinajstić information content (AvgIpc) is 3.22. The molecule has 0 saturated heterocycles. The van der Waals surface area contributed by atoms with E-state index in [1.165, 1.54) is 0 Å². The minimum absolute atomic E-state index is 0.000474. The highest BCUT2D eigenvalue weighted by atomic mass is 16.2. The van der Waals surface area contributed by atoms with Gasteiger partial charge in [-0.3, -0.25) is 9.48 Å². The molecule has 0 radical (unpaired) electrons. The first-order valence-corrected chi connectivity index (χ1v) is 9.32. The second-order valence-electron chi connectivity index (χ2n) is 7.34. The molecule has 0 fully saturated rings. The molecule has 0 spiro atoms. The van der Waals surface area contributed by atoms with Crippen LogP contribution in [0.2, 0.25) is 0 Å². The fraction of sp³-hybridized carbons (Fsp3) is 0.429. The number of aromatic nitrogens is 3. The van der Waals surface area contributed by atoms with E-state index in [-0.39, 0.29) is 11.9 Å². The first-order chi connectivity index (χ1) is 12.4. The van der Waals surface area contributed by atoms with E-state index in [2.05, 4.69) is 42.1 Å². The lowest BCUT2D eigenvalue weighted by atomic mass is 10.1. The molecule has 0 unspecified atom stereocenters. The lowest BCUT2D eigenvalue weighted by Crippen LogP contribution is -2.31. The van der Waals surface area contributed by atoms with E-state index in [9.17, 15) is 4.79 Å². The van der Waals surface area contributed by atoms with Gasteiger partial charge in [0.1, 0.15) is 5.69 Å². The van der Waals surface area contributed by atoms with E-state index < -0.39 is 0 Å². The Hall–Kier alpha value is -2.56. The first kappa shape index (κ1) is 18.2. The maximum absolute atomic E-state index is 13.1. The summed E-state index contributed by atoms with van der Waals surface area (Å²) in [7, 11) is 1.85. The average molecular weight is 352 g/mol. The molecule has 1 N–H and O–H groups in total. The van der Waals surface area contributed by atoms with Crippen molar-refractivity contribution in [3.63, 3.8) is 0 Å². The molecular weight excluding hydrogens is 324 g/mol. The van der Waals surface area contributed by atoms with Crippen molar-refractivity contribution in [3.8, 4) is 0 Å². The van der Waals surface area contributed by atoms with E-state index in [4.69, 9.17) is 0 Å². The summed E-state index contributed by atoms with van der Waals surface area (Å²) in [5.41, 5.74) is 3.77. The quantitative estimate of drug-likeness (QED) is 0.714. The number of hydrogen-bond donors (Lipinski definition) is 1. The molecule has 3 rings (SSSR count). The smallest absolute Gasteiger partial charge is 0.272 e. The van der Waals surface area contributed by atoms with Crippen molar-refractivity contribution in [2.45, 2.75) is 46.7 Å². The Bertz CT molecular complexity index is 873. The van der Waals surface area contributed by atoms with Gasteiger partial charge in [0.05, 0.1) is 11.7 Å². The molecule has 0 aliphatic heterocycles. The Labute approximate surface area is 155 Å². The minimum Gasteiger partial charge on any atom is -0.357 e. The summed E-state index contributed by atoms with van der Waals surface area (Å²) in [6.45, 7) is 9.08. The molecule has 1 atom stereocenters. The van der Waals surface area contributed by atoms with Crippen molar-refractivity contribution >= 4 is 16.8 Å². The highest BCUT2D eigenvalue weighted by Gasteiger charge is 2.24. The van der Waals surface area contributed by atoms with Crippen LogP contribution < -0.4 is 0 Å². The van der Waals surface area contributed by atoms with Gasteiger partial charge in [0.15, 0.2) is 0 Å². The van der Waals surface area contributed by atoms with Crippen LogP contribution in [0.4, 0.5) is 0 Å². The van der Waals surface area contributed by atoms with E-state index >= 15 is 0 Å². The van der Waals surface area contributed by atoms with Gasteiger partial charge in [-0.2, -0.15) is 5.10 Å². The summed E-state index contributed by atoms with van der Waals surface area (Å²) < 4.78 is 1.81. The van der Waals surface area contributed by atoms with E-state index in [1.54, 1.807) is 4.90 Å². The highest BCUT2D eigenvalue weighted by molar-refractivity contribution is 5.93. The van der Waals surface area contributed by atoms with Crippen molar-refractivity contribution in [1.29, 1.82) is 0 Å². The number of aromatic amines is 1. The van der Waals surface area contributed by atoms with Gasteiger partial charge in [0.2, 0.25) is 0 Å². The number of aryl methyl sites for hydroxylation is 1. The zero-order valence-electron chi connectivity index (χ0n) is 16.3. The Balaban J connectivity index is 1.85. The van der Waals surface area contributed by atoms with Gasteiger partial charge in [-0.1, -0.05) is 32.0 Å². The van der Waals surface area contributed by atoms with E-state index in [1.807, 2.05) is 43.8 Å². The number of nitrogens with one attached hydrogen (secondary N) is 1. The third-order valence-electron chi connectivity index (χ3n) is 4.87. The zero-order valence-corrected chi connectivity index (χ0v) is 16.3. The molecule has 3 aromatic rings.